The van der Waals surface area contributed by atoms with Crippen LogP contribution in [0.15, 0.2) is 206 Å². The number of para-hydroxylation sites is 6. The molecule has 0 atom stereocenters. The molecule has 10 aromatic carbocycles. The van der Waals surface area contributed by atoms with Crippen molar-refractivity contribution in [2.24, 2.45) is 16.2 Å². The van der Waals surface area contributed by atoms with E-state index in [-0.39, 0.29) is 119 Å². The molecule has 13 rings (SSSR count). The van der Waals surface area contributed by atoms with E-state index in [1.54, 1.807) is 68.5 Å². The average Bonchev–Trinajstić information content (AvgIpc) is 0.753. The van der Waals surface area contributed by atoms with Crippen molar-refractivity contribution in [1.29, 1.82) is 0 Å². The number of rotatable bonds is 22. The van der Waals surface area contributed by atoms with Crippen molar-refractivity contribution in [2.75, 3.05) is 49.0 Å². The van der Waals surface area contributed by atoms with Crippen LogP contribution in [0.2, 0.25) is 0 Å². The standard InChI is InChI=1S/3C30H43N2O.C12H12B2O4.C12H8.3Au.ClH.K.H2O/c3*1-19(2)23-13-11-14-24(20(3)4)27(23)31-17-30(9,10)29(33)32(18-31)28-25(21(5)6)15-12-16-26(28)22(7)8;15-13(16)11-5-1-9(2-6-11)10-3-7-12(8-4-10)14(17)18;1-3-7-11(8-4-1)12-9-5-2-6-10-12;;;;;;/h3*11-16,18-22H,17H2,1-10H3;1-8,15-18H;3-10H;;;;1H;;1H2/q3*+1;;-2;;;+1;;+1;/p-2. The fourth-order valence-corrected chi connectivity index (χ4v) is 17.8. The first kappa shape index (κ1) is 121. The largest absolute Gasteiger partial charge is 1.00 e. The summed E-state index contributed by atoms with van der Waals surface area (Å²) in [5, 5.41) is 35.9. The summed E-state index contributed by atoms with van der Waals surface area (Å²) in [5.74, 6) is 4.86. The van der Waals surface area contributed by atoms with E-state index in [9.17, 15) is 14.4 Å². The van der Waals surface area contributed by atoms with Gasteiger partial charge in [-0.05, 0) is 201 Å². The van der Waals surface area contributed by atoms with Gasteiger partial charge in [0.05, 0.1) is 70.0 Å². The van der Waals surface area contributed by atoms with Gasteiger partial charge in [0.1, 0.15) is 0 Å². The van der Waals surface area contributed by atoms with Crippen LogP contribution >= 0.6 is 9.19 Å². The zero-order valence-electron chi connectivity index (χ0n) is 86.0. The van der Waals surface area contributed by atoms with Crippen molar-refractivity contribution < 1.29 is 156 Å². The van der Waals surface area contributed by atoms with Crippen LogP contribution in [-0.4, -0.2) is 77.2 Å². The Labute approximate surface area is 904 Å². The first-order valence-corrected chi connectivity index (χ1v) is 49.9. The Balaban J connectivity index is 0.000000360. The fourth-order valence-electron chi connectivity index (χ4n) is 17.8. The van der Waals surface area contributed by atoms with E-state index in [0.29, 0.717) is 102 Å². The van der Waals surface area contributed by atoms with E-state index < -0.39 is 30.5 Å². The van der Waals surface area contributed by atoms with Gasteiger partial charge >= 0.3 is 115 Å². The Morgan fingerprint density at radius 2 is 0.430 bits per heavy atom. The smallest absolute Gasteiger partial charge is 0.870 e. The molecule has 0 aliphatic carbocycles. The molecule has 0 saturated carbocycles. The van der Waals surface area contributed by atoms with Gasteiger partial charge in [-0.15, -0.1) is 14.7 Å². The molecule has 3 aliphatic rings. The van der Waals surface area contributed by atoms with Crippen molar-refractivity contribution in [1.82, 2.24) is 0 Å². The molecule has 0 spiro atoms. The number of carbonyl (C=O) groups is 3. The van der Waals surface area contributed by atoms with Crippen LogP contribution in [0.1, 0.15) is 345 Å². The van der Waals surface area contributed by atoms with Crippen LogP contribution in [0.25, 0.3) is 22.3 Å². The van der Waals surface area contributed by atoms with Gasteiger partial charge < -0.3 is 25.6 Å². The van der Waals surface area contributed by atoms with Crippen molar-refractivity contribution in [3.63, 3.8) is 0 Å². The quantitative estimate of drug-likeness (QED) is 0.0374. The van der Waals surface area contributed by atoms with E-state index in [0.717, 1.165) is 28.2 Å². The van der Waals surface area contributed by atoms with Crippen molar-refractivity contribution in [2.45, 2.75) is 279 Å². The predicted molar refractivity (Wildman–Crippen MR) is 555 cm³/mol. The summed E-state index contributed by atoms with van der Waals surface area (Å²) in [4.78, 5) is 54.6. The number of anilines is 6. The van der Waals surface area contributed by atoms with Gasteiger partial charge in [0.2, 0.25) is 0 Å². The van der Waals surface area contributed by atoms with E-state index in [4.69, 9.17) is 20.1 Å². The molecule has 3 heterocycles. The van der Waals surface area contributed by atoms with Crippen LogP contribution in [-0.2, 0) is 79.1 Å². The van der Waals surface area contributed by atoms with Crippen LogP contribution in [0.5, 0.6) is 0 Å². The molecule has 5 N–H and O–H groups in total. The van der Waals surface area contributed by atoms with Crippen molar-refractivity contribution in [3.8, 4) is 22.3 Å². The Morgan fingerprint density at radius 3 is 0.578 bits per heavy atom. The third-order valence-electron chi connectivity index (χ3n) is 25.0. The van der Waals surface area contributed by atoms with Gasteiger partial charge in [0.25, 0.3) is 17.7 Å². The average molecular weight is 2420 g/mol. The molecule has 0 aromatic heterocycles. The topological polar surface area (TPSA) is 182 Å². The summed E-state index contributed by atoms with van der Waals surface area (Å²) in [6, 6.07) is 75.0. The number of hydrogen-bond acceptors (Lipinski definition) is 11. The van der Waals surface area contributed by atoms with Crippen LogP contribution in [0, 0.1) is 48.4 Å². The van der Waals surface area contributed by atoms with Gasteiger partial charge in [-0.25, -0.2) is 0 Å². The molecule has 135 heavy (non-hydrogen) atoms. The number of benzene rings is 10. The van der Waals surface area contributed by atoms with Crippen LogP contribution in [0.4, 0.5) is 34.1 Å². The molecular formula is C114H150Au3B2ClKN6O8+. The second kappa shape index (κ2) is 54.1. The maximum atomic E-state index is 13.9. The van der Waals surface area contributed by atoms with Crippen molar-refractivity contribution in [3.05, 3.63) is 305 Å². The summed E-state index contributed by atoms with van der Waals surface area (Å²) in [5.41, 5.74) is 26.0. The molecule has 2 radical (unpaired) electrons. The number of nitrogens with zero attached hydrogens (tertiary/aromatic N) is 6. The molecule has 3 fully saturated rings. The minimum atomic E-state index is -1.47. The Morgan fingerprint density at radius 1 is 0.281 bits per heavy atom. The van der Waals surface area contributed by atoms with Gasteiger partial charge in [-0.2, -0.15) is 86.5 Å². The maximum Gasteiger partial charge on any atom is 1.00 e. The van der Waals surface area contributed by atoms with Gasteiger partial charge in [0, 0.05) is 44.8 Å². The van der Waals surface area contributed by atoms with Gasteiger partial charge in [-0.1, -0.05) is 324 Å². The second-order valence-electron chi connectivity index (χ2n) is 41.0. The SMILES string of the molecule is CC(C)c1cccc(C(C)C)c1N1[CH+]N(c2c(C(C)C)cccc2C(C)C)C(=O)C(C)(C)C1.CC(C)c1cccc(C(C)C)c1N1[CH+]N(c2c(C(C)C)cccc2C(C)C)C(=O)C(C)(C)C1.CC(C)c1cccc(C(C)C)c1N1[CH+]N(c2c(C(C)C)cccc2C(C)C)C(=O)C(C)(C)C1.OB(O)c1ccc(-c2ccc(B(O)O)cc2)cc1.[Au].[Au].[Cl][Au].[K+].[OH-].[c-]1ccc(-c2cc[c-]cc2)cc1. The first-order chi connectivity index (χ1) is 61.6. The number of halogens is 1. The van der Waals surface area contributed by atoms with E-state index in [1.165, 1.54) is 95.0 Å². The van der Waals surface area contributed by atoms with Gasteiger partial charge in [0.15, 0.2) is 0 Å². The zero-order chi connectivity index (χ0) is 97.3. The monoisotopic (exact) mass is 2420 g/mol. The van der Waals surface area contributed by atoms with E-state index in [2.05, 4.69) is 397 Å². The molecule has 21 heteroatoms. The molecule has 0 unspecified atom stereocenters. The number of carbonyl (C=O) groups excluding carboxylic acids is 3. The molecule has 3 aliphatic heterocycles. The molecule has 3 amide bonds. The number of hydrogen-bond donors (Lipinski definition) is 4. The summed E-state index contributed by atoms with van der Waals surface area (Å²) in [6.07, 6.45) is 0. The molecule has 0 bridgehead atoms. The third kappa shape index (κ3) is 30.1. The Bertz CT molecular complexity index is 4770. The Hall–Kier alpha value is -6.30. The molecule has 10 aromatic rings. The minimum Gasteiger partial charge on any atom is -0.870 e. The maximum absolute atomic E-state index is 13.9. The van der Waals surface area contributed by atoms with Crippen LogP contribution < -0.4 is 91.7 Å². The fraction of sp³-hybridized carbons (Fsp3) is 0.421. The summed E-state index contributed by atoms with van der Waals surface area (Å²) >= 11 is 1.75. The van der Waals surface area contributed by atoms with E-state index in [1.807, 2.05) is 39.0 Å². The first-order valence-electron chi connectivity index (χ1n) is 47.2. The molecule has 3 saturated heterocycles. The van der Waals surface area contributed by atoms with E-state index >= 15 is 0 Å². The van der Waals surface area contributed by atoms with Crippen molar-refractivity contribution >= 4 is 86.2 Å². The normalized spacial score (nSPS) is 14.3. The van der Waals surface area contributed by atoms with Crippen LogP contribution in [0.3, 0.4) is 0 Å². The zero-order valence-corrected chi connectivity index (χ0v) is 96.4. The molecule has 730 valence electrons. The third-order valence-corrected chi connectivity index (χ3v) is 25.0. The summed E-state index contributed by atoms with van der Waals surface area (Å²) in [6.45, 7) is 74.4. The minimum absolute atomic E-state index is 0. The van der Waals surface area contributed by atoms with Gasteiger partial charge in [-0.3, -0.25) is 14.4 Å². The Kier molecular flexibility index (Phi) is 48.5. The summed E-state index contributed by atoms with van der Waals surface area (Å²) in [7, 11) is 1.65. The molecule has 14 nitrogen and oxygen atoms in total. The predicted octanol–water partition coefficient (Wildman–Crippen LogP) is 23.7. The second-order valence-corrected chi connectivity index (χ2v) is 41.0. The molecular weight excluding hydrogens is 2270 g/mol. The number of amides is 3. The summed E-state index contributed by atoms with van der Waals surface area (Å²) < 4.78 is 0.